The van der Waals surface area contributed by atoms with E-state index in [9.17, 15) is 8.42 Å². The Labute approximate surface area is 120 Å². The average Bonchev–Trinajstić information content (AvgIpc) is 2.38. The lowest BCUT2D eigenvalue weighted by atomic mass is 10.3. The SMILES string of the molecule is COc1cc(S(=O)(=O)N(C)CCOC(C)C)ccc1N. The number of methoxy groups -OCH3 is 1. The second-order valence-corrected chi connectivity index (χ2v) is 6.69. The molecule has 0 fully saturated rings. The van der Waals surface area contributed by atoms with Crippen LogP contribution >= 0.6 is 0 Å². The molecule has 1 aromatic rings. The smallest absolute Gasteiger partial charge is 0.243 e. The summed E-state index contributed by atoms with van der Waals surface area (Å²) >= 11 is 0. The first-order valence-corrected chi connectivity index (χ1v) is 7.74. The molecule has 1 aromatic carbocycles. The van der Waals surface area contributed by atoms with E-state index in [2.05, 4.69) is 0 Å². The molecule has 0 radical (unpaired) electrons. The van der Waals surface area contributed by atoms with Crippen LogP contribution in [-0.2, 0) is 14.8 Å². The summed E-state index contributed by atoms with van der Waals surface area (Å²) in [7, 11) is -0.606. The van der Waals surface area contributed by atoms with Crippen molar-refractivity contribution in [3.8, 4) is 5.75 Å². The quantitative estimate of drug-likeness (QED) is 0.768. The van der Waals surface area contributed by atoms with Crippen LogP contribution in [0.4, 0.5) is 5.69 Å². The van der Waals surface area contributed by atoms with E-state index in [1.165, 1.54) is 36.7 Å². The highest BCUT2D eigenvalue weighted by atomic mass is 32.2. The van der Waals surface area contributed by atoms with Gasteiger partial charge in [0.05, 0.1) is 30.4 Å². The van der Waals surface area contributed by atoms with Gasteiger partial charge in [0.25, 0.3) is 0 Å². The Balaban J connectivity index is 2.87. The number of nitrogens with zero attached hydrogens (tertiary/aromatic N) is 1. The van der Waals surface area contributed by atoms with Gasteiger partial charge >= 0.3 is 0 Å². The Bertz CT molecular complexity index is 543. The molecule has 0 saturated carbocycles. The molecule has 114 valence electrons. The van der Waals surface area contributed by atoms with Gasteiger partial charge in [0, 0.05) is 19.7 Å². The first-order chi connectivity index (χ1) is 9.28. The summed E-state index contributed by atoms with van der Waals surface area (Å²) in [5, 5.41) is 0. The van der Waals surface area contributed by atoms with Gasteiger partial charge in [-0.2, -0.15) is 4.31 Å². The topological polar surface area (TPSA) is 81.9 Å². The van der Waals surface area contributed by atoms with E-state index in [0.29, 0.717) is 18.0 Å². The predicted molar refractivity (Wildman–Crippen MR) is 78.3 cm³/mol. The van der Waals surface area contributed by atoms with Crippen LogP contribution < -0.4 is 10.5 Å². The second kappa shape index (κ2) is 6.92. The van der Waals surface area contributed by atoms with Crippen molar-refractivity contribution in [1.82, 2.24) is 4.31 Å². The third-order valence-corrected chi connectivity index (χ3v) is 4.62. The average molecular weight is 302 g/mol. The van der Waals surface area contributed by atoms with Gasteiger partial charge in [-0.25, -0.2) is 8.42 Å². The molecular formula is C13H22N2O4S. The summed E-state index contributed by atoms with van der Waals surface area (Å²) in [6.45, 7) is 4.44. The number of likely N-dealkylation sites (N-methyl/N-ethyl adjacent to an activating group) is 1. The normalized spacial score (nSPS) is 12.1. The summed E-state index contributed by atoms with van der Waals surface area (Å²) in [4.78, 5) is 0.149. The van der Waals surface area contributed by atoms with E-state index < -0.39 is 10.0 Å². The lowest BCUT2D eigenvalue weighted by Crippen LogP contribution is -2.31. The fourth-order valence-corrected chi connectivity index (χ4v) is 2.74. The molecule has 0 heterocycles. The van der Waals surface area contributed by atoms with Crippen LogP contribution in [0.5, 0.6) is 5.75 Å². The highest BCUT2D eigenvalue weighted by molar-refractivity contribution is 7.89. The molecule has 0 saturated heterocycles. The summed E-state index contributed by atoms with van der Waals surface area (Å²) in [6.07, 6.45) is 0.0720. The summed E-state index contributed by atoms with van der Waals surface area (Å²) in [5.74, 6) is 0.345. The van der Waals surface area contributed by atoms with Gasteiger partial charge < -0.3 is 15.2 Å². The molecule has 0 aliphatic carbocycles. The molecule has 20 heavy (non-hydrogen) atoms. The van der Waals surface area contributed by atoms with Crippen molar-refractivity contribution < 1.29 is 17.9 Å². The van der Waals surface area contributed by atoms with Gasteiger partial charge in [-0.05, 0) is 26.0 Å². The van der Waals surface area contributed by atoms with Crippen LogP contribution in [0.1, 0.15) is 13.8 Å². The highest BCUT2D eigenvalue weighted by Gasteiger charge is 2.21. The summed E-state index contributed by atoms with van der Waals surface area (Å²) in [6, 6.07) is 4.40. The van der Waals surface area contributed by atoms with Crippen LogP contribution in [0.15, 0.2) is 23.1 Å². The van der Waals surface area contributed by atoms with Gasteiger partial charge in [0.15, 0.2) is 0 Å². The number of benzene rings is 1. The molecule has 0 bridgehead atoms. The van der Waals surface area contributed by atoms with Crippen molar-refractivity contribution in [2.24, 2.45) is 0 Å². The van der Waals surface area contributed by atoms with E-state index in [1.807, 2.05) is 13.8 Å². The zero-order valence-electron chi connectivity index (χ0n) is 12.3. The zero-order valence-corrected chi connectivity index (χ0v) is 13.1. The highest BCUT2D eigenvalue weighted by Crippen LogP contribution is 2.26. The fraction of sp³-hybridized carbons (Fsp3) is 0.538. The Kier molecular flexibility index (Phi) is 5.79. The first kappa shape index (κ1) is 16.7. The molecule has 2 N–H and O–H groups in total. The van der Waals surface area contributed by atoms with E-state index in [1.54, 1.807) is 0 Å². The van der Waals surface area contributed by atoms with Gasteiger partial charge in [-0.3, -0.25) is 0 Å². The van der Waals surface area contributed by atoms with Gasteiger partial charge in [-0.1, -0.05) is 0 Å². The minimum absolute atomic E-state index is 0.0720. The molecule has 0 spiro atoms. The van der Waals surface area contributed by atoms with Crippen LogP contribution in [0.2, 0.25) is 0 Å². The minimum Gasteiger partial charge on any atom is -0.495 e. The van der Waals surface area contributed by atoms with Crippen molar-refractivity contribution in [1.29, 1.82) is 0 Å². The maximum Gasteiger partial charge on any atom is 0.243 e. The van der Waals surface area contributed by atoms with Crippen molar-refractivity contribution in [3.63, 3.8) is 0 Å². The van der Waals surface area contributed by atoms with Gasteiger partial charge in [0.1, 0.15) is 5.75 Å². The van der Waals surface area contributed by atoms with E-state index in [0.717, 1.165) is 0 Å². The predicted octanol–water partition coefficient (Wildman–Crippen LogP) is 1.32. The minimum atomic E-state index is -3.57. The van der Waals surface area contributed by atoms with Crippen molar-refractivity contribution in [3.05, 3.63) is 18.2 Å². The van der Waals surface area contributed by atoms with Crippen molar-refractivity contribution in [2.75, 3.05) is 33.0 Å². The Morgan fingerprint density at radius 2 is 2.00 bits per heavy atom. The summed E-state index contributed by atoms with van der Waals surface area (Å²) < 4.78 is 36.4. The number of sulfonamides is 1. The second-order valence-electron chi connectivity index (χ2n) is 4.65. The third-order valence-electron chi connectivity index (χ3n) is 2.77. The number of ether oxygens (including phenoxy) is 2. The molecule has 1 rings (SSSR count). The number of hydrogen-bond donors (Lipinski definition) is 1. The summed E-state index contributed by atoms with van der Waals surface area (Å²) in [5.41, 5.74) is 6.08. The standard InChI is InChI=1S/C13H22N2O4S/c1-10(2)19-8-7-15(3)20(16,17)11-5-6-12(14)13(9-11)18-4/h5-6,9-10H,7-8,14H2,1-4H3. The van der Waals surface area contributed by atoms with E-state index in [-0.39, 0.29) is 17.5 Å². The van der Waals surface area contributed by atoms with E-state index >= 15 is 0 Å². The van der Waals surface area contributed by atoms with Crippen LogP contribution in [0.3, 0.4) is 0 Å². The molecule has 0 aromatic heterocycles. The molecule has 7 heteroatoms. The van der Waals surface area contributed by atoms with Crippen molar-refractivity contribution >= 4 is 15.7 Å². The van der Waals surface area contributed by atoms with E-state index in [4.69, 9.17) is 15.2 Å². The van der Waals surface area contributed by atoms with Crippen molar-refractivity contribution in [2.45, 2.75) is 24.8 Å². The van der Waals surface area contributed by atoms with Gasteiger partial charge in [-0.15, -0.1) is 0 Å². The largest absolute Gasteiger partial charge is 0.495 e. The van der Waals surface area contributed by atoms with Crippen LogP contribution in [0.25, 0.3) is 0 Å². The zero-order chi connectivity index (χ0) is 15.3. The molecule has 0 aliphatic heterocycles. The maximum atomic E-state index is 12.4. The molecule has 0 unspecified atom stereocenters. The molecule has 0 atom stereocenters. The lowest BCUT2D eigenvalue weighted by Gasteiger charge is -2.18. The monoisotopic (exact) mass is 302 g/mol. The molecule has 6 nitrogen and oxygen atoms in total. The van der Waals surface area contributed by atoms with Crippen LogP contribution in [0, 0.1) is 0 Å². The molecule has 0 amide bonds. The number of anilines is 1. The Morgan fingerprint density at radius 1 is 1.35 bits per heavy atom. The number of rotatable bonds is 7. The first-order valence-electron chi connectivity index (χ1n) is 6.30. The Hall–Kier alpha value is -1.31. The lowest BCUT2D eigenvalue weighted by molar-refractivity contribution is 0.0737. The number of nitrogens with two attached hydrogens (primary N) is 1. The maximum absolute atomic E-state index is 12.4. The van der Waals surface area contributed by atoms with Gasteiger partial charge in [0.2, 0.25) is 10.0 Å². The molecular weight excluding hydrogens is 280 g/mol. The molecule has 0 aliphatic rings. The Morgan fingerprint density at radius 3 is 2.55 bits per heavy atom. The number of hydrogen-bond acceptors (Lipinski definition) is 5. The third kappa shape index (κ3) is 4.09. The fourth-order valence-electron chi connectivity index (χ4n) is 1.57. The van der Waals surface area contributed by atoms with Crippen LogP contribution in [-0.4, -0.2) is 46.1 Å². The number of nitrogen functional groups attached to an aromatic ring is 1.